The molecule has 3 aromatic heterocycles. The van der Waals surface area contributed by atoms with Crippen molar-refractivity contribution in [1.29, 1.82) is 5.41 Å². The molecule has 0 aliphatic rings. The second-order valence-corrected chi connectivity index (χ2v) is 7.77. The number of benzene rings is 2. The van der Waals surface area contributed by atoms with Gasteiger partial charge in [-0.05, 0) is 42.8 Å². The molecule has 10 heteroatoms. The molecule has 33 heavy (non-hydrogen) atoms. The topological polar surface area (TPSA) is 162 Å². The number of amides is 1. The van der Waals surface area contributed by atoms with E-state index in [1.165, 1.54) is 6.20 Å². The number of aryl methyl sites for hydroxylation is 1. The minimum absolute atomic E-state index is 0.0116. The molecule has 0 fully saturated rings. The summed E-state index contributed by atoms with van der Waals surface area (Å²) in [5.41, 5.74) is 11.5. The highest BCUT2D eigenvalue weighted by molar-refractivity contribution is 5.98. The molecule has 0 saturated carbocycles. The van der Waals surface area contributed by atoms with E-state index in [1.807, 2.05) is 24.3 Å². The molecule has 5 aromatic rings. The molecule has 0 radical (unpaired) electrons. The van der Waals surface area contributed by atoms with Crippen LogP contribution in [0.2, 0.25) is 0 Å². The first-order valence-corrected chi connectivity index (χ1v) is 10.3. The number of rotatable bonds is 6. The minimum Gasteiger partial charge on any atom is -0.384 e. The monoisotopic (exact) mass is 439 g/mol. The molecule has 0 unspecified atom stereocenters. The summed E-state index contributed by atoms with van der Waals surface area (Å²) in [6, 6.07) is 11.3. The summed E-state index contributed by atoms with van der Waals surface area (Å²) < 4.78 is 0. The second kappa shape index (κ2) is 8.15. The van der Waals surface area contributed by atoms with Crippen molar-refractivity contribution in [3.8, 4) is 0 Å². The molecular formula is C23H21N9O. The van der Waals surface area contributed by atoms with Crippen LogP contribution in [0.4, 0.5) is 0 Å². The van der Waals surface area contributed by atoms with Gasteiger partial charge in [0.2, 0.25) is 0 Å². The predicted octanol–water partition coefficient (Wildman–Crippen LogP) is 2.34. The third-order valence-corrected chi connectivity index (χ3v) is 5.22. The van der Waals surface area contributed by atoms with Crippen LogP contribution < -0.4 is 11.1 Å². The standard InChI is InChI=1S/C23H21N9O/c1-12-9-26-11-19(28-12)23(33)27-10-13-2-4-15-17(6-13)31-20(29-15)8-21-30-16-5-3-14(22(24)25)7-18(16)32-21/h2-7,9,11H,8,10H2,1H3,(H3,24,25)(H,27,33)(H,29,31)(H,30,32). The lowest BCUT2D eigenvalue weighted by Gasteiger charge is -2.05. The van der Waals surface area contributed by atoms with E-state index in [4.69, 9.17) is 11.1 Å². The van der Waals surface area contributed by atoms with Gasteiger partial charge in [-0.2, -0.15) is 0 Å². The Balaban J connectivity index is 1.30. The number of fused-ring (bicyclic) bond motifs is 2. The molecule has 3 heterocycles. The zero-order valence-corrected chi connectivity index (χ0v) is 17.8. The maximum Gasteiger partial charge on any atom is 0.271 e. The summed E-state index contributed by atoms with van der Waals surface area (Å²) in [4.78, 5) is 36.4. The Bertz CT molecular complexity index is 1520. The number of hydrogen-bond donors (Lipinski definition) is 5. The molecule has 0 aliphatic carbocycles. The Labute approximate surface area is 188 Å². The van der Waals surface area contributed by atoms with Crippen LogP contribution in [0, 0.1) is 12.3 Å². The summed E-state index contributed by atoms with van der Waals surface area (Å²) >= 11 is 0. The van der Waals surface area contributed by atoms with Crippen molar-refractivity contribution in [3.63, 3.8) is 0 Å². The van der Waals surface area contributed by atoms with Crippen molar-refractivity contribution < 1.29 is 4.79 Å². The molecule has 0 bridgehead atoms. The second-order valence-electron chi connectivity index (χ2n) is 7.77. The normalized spacial score (nSPS) is 11.2. The molecule has 10 nitrogen and oxygen atoms in total. The summed E-state index contributed by atoms with van der Waals surface area (Å²) in [6.07, 6.45) is 3.55. The van der Waals surface area contributed by atoms with Gasteiger partial charge < -0.3 is 21.0 Å². The highest BCUT2D eigenvalue weighted by Gasteiger charge is 2.11. The molecular weight excluding hydrogens is 418 g/mol. The average Bonchev–Trinajstić information content (AvgIpc) is 3.39. The zero-order valence-electron chi connectivity index (χ0n) is 17.8. The molecule has 6 N–H and O–H groups in total. The number of aromatic nitrogens is 6. The Kier molecular flexibility index (Phi) is 5.02. The zero-order chi connectivity index (χ0) is 22.9. The number of nitrogen functional groups attached to an aromatic ring is 1. The highest BCUT2D eigenvalue weighted by Crippen LogP contribution is 2.18. The predicted molar refractivity (Wildman–Crippen MR) is 124 cm³/mol. The number of nitrogens with zero attached hydrogens (tertiary/aromatic N) is 4. The van der Waals surface area contributed by atoms with E-state index in [2.05, 4.69) is 35.2 Å². The van der Waals surface area contributed by atoms with Crippen LogP contribution in [0.1, 0.15) is 39.0 Å². The van der Waals surface area contributed by atoms with Gasteiger partial charge in [0.1, 0.15) is 23.2 Å². The maximum absolute atomic E-state index is 12.3. The minimum atomic E-state index is -0.271. The third-order valence-electron chi connectivity index (χ3n) is 5.22. The summed E-state index contributed by atoms with van der Waals surface area (Å²) in [7, 11) is 0. The first-order valence-electron chi connectivity index (χ1n) is 10.3. The Morgan fingerprint density at radius 2 is 1.70 bits per heavy atom. The summed E-state index contributed by atoms with van der Waals surface area (Å²) in [6.45, 7) is 2.15. The van der Waals surface area contributed by atoms with E-state index in [0.29, 0.717) is 29.9 Å². The van der Waals surface area contributed by atoms with Crippen LogP contribution >= 0.6 is 0 Å². The fourth-order valence-corrected chi connectivity index (χ4v) is 3.61. The molecule has 2 aromatic carbocycles. The average molecular weight is 439 g/mol. The number of aromatic amines is 2. The summed E-state index contributed by atoms with van der Waals surface area (Å²) in [5, 5.41) is 10.4. The molecule has 0 spiro atoms. The van der Waals surface area contributed by atoms with Gasteiger partial charge in [-0.3, -0.25) is 15.2 Å². The van der Waals surface area contributed by atoms with E-state index in [-0.39, 0.29) is 11.7 Å². The molecule has 0 atom stereocenters. The highest BCUT2D eigenvalue weighted by atomic mass is 16.1. The van der Waals surface area contributed by atoms with Crippen molar-refractivity contribution in [2.75, 3.05) is 0 Å². The number of hydrogen-bond acceptors (Lipinski definition) is 6. The number of carbonyl (C=O) groups is 1. The maximum atomic E-state index is 12.3. The van der Waals surface area contributed by atoms with E-state index in [0.717, 1.165) is 39.3 Å². The van der Waals surface area contributed by atoms with E-state index in [9.17, 15) is 4.79 Å². The largest absolute Gasteiger partial charge is 0.384 e. The van der Waals surface area contributed by atoms with Gasteiger partial charge in [0.05, 0.1) is 40.4 Å². The third kappa shape index (κ3) is 4.26. The van der Waals surface area contributed by atoms with Crippen LogP contribution in [-0.2, 0) is 13.0 Å². The van der Waals surface area contributed by atoms with Crippen LogP contribution in [0.25, 0.3) is 22.1 Å². The number of nitrogens with one attached hydrogen (secondary N) is 4. The molecule has 164 valence electrons. The Hall–Kier alpha value is -4.60. The van der Waals surface area contributed by atoms with Crippen molar-refractivity contribution >= 4 is 33.8 Å². The van der Waals surface area contributed by atoms with Gasteiger partial charge in [-0.1, -0.05) is 6.07 Å². The number of amidine groups is 1. The van der Waals surface area contributed by atoms with E-state index >= 15 is 0 Å². The Morgan fingerprint density at radius 1 is 1.00 bits per heavy atom. The van der Waals surface area contributed by atoms with Crippen LogP contribution in [0.3, 0.4) is 0 Å². The molecule has 0 saturated heterocycles. The van der Waals surface area contributed by atoms with Crippen LogP contribution in [0.15, 0.2) is 48.8 Å². The fraction of sp³-hybridized carbons (Fsp3) is 0.130. The first kappa shape index (κ1) is 20.3. The summed E-state index contributed by atoms with van der Waals surface area (Å²) in [5.74, 6) is 1.27. The van der Waals surface area contributed by atoms with Gasteiger partial charge in [0, 0.05) is 18.3 Å². The molecule has 1 amide bonds. The van der Waals surface area contributed by atoms with Gasteiger partial charge in [-0.25, -0.2) is 15.0 Å². The van der Waals surface area contributed by atoms with Crippen LogP contribution in [0.5, 0.6) is 0 Å². The van der Waals surface area contributed by atoms with Gasteiger partial charge in [0.15, 0.2) is 0 Å². The number of nitrogens with two attached hydrogens (primary N) is 1. The molecule has 5 rings (SSSR count). The van der Waals surface area contributed by atoms with Gasteiger partial charge in [0.25, 0.3) is 5.91 Å². The van der Waals surface area contributed by atoms with Crippen molar-refractivity contribution in [2.45, 2.75) is 19.9 Å². The lowest BCUT2D eigenvalue weighted by Crippen LogP contribution is -2.24. The van der Waals surface area contributed by atoms with E-state index in [1.54, 1.807) is 25.3 Å². The lowest BCUT2D eigenvalue weighted by molar-refractivity contribution is 0.0945. The number of H-pyrrole nitrogens is 2. The smallest absolute Gasteiger partial charge is 0.271 e. The van der Waals surface area contributed by atoms with Crippen molar-refractivity contribution in [2.24, 2.45) is 5.73 Å². The Morgan fingerprint density at radius 3 is 2.39 bits per heavy atom. The van der Waals surface area contributed by atoms with Crippen molar-refractivity contribution in [1.82, 2.24) is 35.2 Å². The van der Waals surface area contributed by atoms with E-state index < -0.39 is 0 Å². The van der Waals surface area contributed by atoms with Gasteiger partial charge in [-0.15, -0.1) is 0 Å². The van der Waals surface area contributed by atoms with Crippen LogP contribution in [-0.4, -0.2) is 41.6 Å². The quantitative estimate of drug-likeness (QED) is 0.201. The fourth-order valence-electron chi connectivity index (χ4n) is 3.61. The number of imidazole rings is 2. The van der Waals surface area contributed by atoms with Gasteiger partial charge >= 0.3 is 0 Å². The lowest BCUT2D eigenvalue weighted by atomic mass is 10.2. The van der Waals surface area contributed by atoms with Crippen molar-refractivity contribution in [3.05, 3.63) is 83.0 Å². The number of carbonyl (C=O) groups excluding carboxylic acids is 1. The molecule has 0 aliphatic heterocycles. The first-order chi connectivity index (χ1) is 15.9. The SMILES string of the molecule is Cc1cncc(C(=O)NCc2ccc3[nH]c(Cc4nc5cc(C(=N)N)ccc5[nH]4)nc3c2)n1.